The van der Waals surface area contributed by atoms with Gasteiger partial charge in [-0.2, -0.15) is 13.2 Å². The lowest BCUT2D eigenvalue weighted by molar-refractivity contribution is -0.165. The largest absolute Gasteiger partial charge is 0.465 e. The Morgan fingerprint density at radius 3 is 1.90 bits per heavy atom. The lowest BCUT2D eigenvalue weighted by Gasteiger charge is -2.29. The molecular weight excluding hydrogens is 389 g/mol. The van der Waals surface area contributed by atoms with Gasteiger partial charge < -0.3 is 14.6 Å². The summed E-state index contributed by atoms with van der Waals surface area (Å²) in [6.45, 7) is 9.03. The van der Waals surface area contributed by atoms with E-state index in [1.165, 1.54) is 12.1 Å². The fourth-order valence-electron chi connectivity index (χ4n) is 2.49. The number of halogens is 3. The fraction of sp³-hybridized carbons (Fsp3) is 0.619. The molecule has 1 rings (SSSR count). The predicted octanol–water partition coefficient (Wildman–Crippen LogP) is 4.33. The molecule has 0 heterocycles. The van der Waals surface area contributed by atoms with Crippen LogP contribution in [-0.2, 0) is 25.2 Å². The van der Waals surface area contributed by atoms with Gasteiger partial charge in [-0.3, -0.25) is 9.59 Å². The van der Waals surface area contributed by atoms with Crippen LogP contribution < -0.4 is 0 Å². The van der Waals surface area contributed by atoms with E-state index in [2.05, 4.69) is 0 Å². The van der Waals surface area contributed by atoms with Crippen LogP contribution in [0.25, 0.3) is 0 Å². The first-order chi connectivity index (χ1) is 13.1. The van der Waals surface area contributed by atoms with E-state index in [9.17, 15) is 27.9 Å². The second-order valence-corrected chi connectivity index (χ2v) is 8.90. The van der Waals surface area contributed by atoms with Crippen LogP contribution in [0.3, 0.4) is 0 Å². The van der Waals surface area contributed by atoms with Crippen molar-refractivity contribution in [3.8, 4) is 0 Å². The molecule has 0 saturated heterocycles. The van der Waals surface area contributed by atoms with Crippen LogP contribution in [0.4, 0.5) is 13.2 Å². The van der Waals surface area contributed by atoms with E-state index in [1.807, 2.05) is 0 Å². The molecule has 0 saturated carbocycles. The van der Waals surface area contributed by atoms with Gasteiger partial charge in [-0.15, -0.1) is 0 Å². The average molecular weight is 418 g/mol. The topological polar surface area (TPSA) is 72.8 Å². The molecule has 2 atom stereocenters. The quantitative estimate of drug-likeness (QED) is 0.697. The number of hydrogen-bond acceptors (Lipinski definition) is 5. The van der Waals surface area contributed by atoms with Crippen LogP contribution >= 0.6 is 0 Å². The summed E-state index contributed by atoms with van der Waals surface area (Å²) in [7, 11) is 0. The summed E-state index contributed by atoms with van der Waals surface area (Å²) in [5, 5.41) is 9.81. The summed E-state index contributed by atoms with van der Waals surface area (Å²) < 4.78 is 49.2. The van der Waals surface area contributed by atoms with Gasteiger partial charge in [-0.05, 0) is 59.2 Å². The predicted molar refractivity (Wildman–Crippen MR) is 101 cm³/mol. The number of carbonyl (C=O) groups is 2. The van der Waals surface area contributed by atoms with Crippen LogP contribution in [0.2, 0.25) is 0 Å². The molecule has 0 aliphatic carbocycles. The van der Waals surface area contributed by atoms with Crippen molar-refractivity contribution in [1.82, 2.24) is 0 Å². The van der Waals surface area contributed by atoms with E-state index in [4.69, 9.17) is 9.47 Å². The number of hydrogen-bond donors (Lipinski definition) is 1. The van der Waals surface area contributed by atoms with Gasteiger partial charge in [0.2, 0.25) is 0 Å². The van der Waals surface area contributed by atoms with Crippen LogP contribution in [0.5, 0.6) is 0 Å². The molecule has 29 heavy (non-hydrogen) atoms. The van der Waals surface area contributed by atoms with Crippen molar-refractivity contribution in [2.75, 3.05) is 13.2 Å². The van der Waals surface area contributed by atoms with Crippen molar-refractivity contribution in [1.29, 1.82) is 0 Å². The SMILES string of the molecule is CC(C)(C)OC(=O)C(CO)C(COC(=O)C(C)(C)C)c1ccc(C(F)(F)F)cc1. The Hall–Kier alpha value is -2.09. The molecule has 1 aromatic carbocycles. The number of alkyl halides is 3. The molecule has 0 fully saturated rings. The Labute approximate surface area is 169 Å². The van der Waals surface area contributed by atoms with Gasteiger partial charge in [0.1, 0.15) is 5.60 Å². The Balaban J connectivity index is 3.22. The molecule has 1 aromatic rings. The summed E-state index contributed by atoms with van der Waals surface area (Å²) >= 11 is 0. The highest BCUT2D eigenvalue weighted by molar-refractivity contribution is 5.76. The van der Waals surface area contributed by atoms with Crippen LogP contribution in [0, 0.1) is 11.3 Å². The molecule has 164 valence electrons. The summed E-state index contributed by atoms with van der Waals surface area (Å²) in [6, 6.07) is 4.20. The standard InChI is InChI=1S/C21H29F3O5/c1-19(2,3)18(27)28-12-16(15(11-25)17(26)29-20(4,5)6)13-7-9-14(10-8-13)21(22,23)24/h7-10,15-16,25H,11-12H2,1-6H3. The number of ether oxygens (including phenoxy) is 2. The van der Waals surface area contributed by atoms with E-state index >= 15 is 0 Å². The van der Waals surface area contributed by atoms with Crippen molar-refractivity contribution < 1.29 is 37.3 Å². The highest BCUT2D eigenvalue weighted by Gasteiger charge is 2.36. The highest BCUT2D eigenvalue weighted by Crippen LogP contribution is 2.33. The van der Waals surface area contributed by atoms with E-state index in [1.54, 1.807) is 41.5 Å². The monoisotopic (exact) mass is 418 g/mol. The third kappa shape index (κ3) is 7.68. The van der Waals surface area contributed by atoms with Gasteiger partial charge >= 0.3 is 18.1 Å². The molecule has 0 radical (unpaired) electrons. The molecule has 2 unspecified atom stereocenters. The zero-order chi connectivity index (χ0) is 22.6. The van der Waals surface area contributed by atoms with E-state index in [0.717, 1.165) is 12.1 Å². The van der Waals surface area contributed by atoms with Crippen molar-refractivity contribution in [3.63, 3.8) is 0 Å². The smallest absolute Gasteiger partial charge is 0.416 e. The Kier molecular flexibility index (Phi) is 7.87. The zero-order valence-electron chi connectivity index (χ0n) is 17.6. The maximum absolute atomic E-state index is 12.9. The first-order valence-electron chi connectivity index (χ1n) is 9.24. The third-order valence-corrected chi connectivity index (χ3v) is 4.06. The second-order valence-electron chi connectivity index (χ2n) is 8.90. The molecule has 1 N–H and O–H groups in total. The molecule has 0 aromatic heterocycles. The number of benzene rings is 1. The summed E-state index contributed by atoms with van der Waals surface area (Å²) in [5.74, 6) is -3.24. The van der Waals surface area contributed by atoms with Crippen LogP contribution in [-0.4, -0.2) is 35.9 Å². The Morgan fingerprint density at radius 1 is 1.00 bits per heavy atom. The molecule has 0 bridgehead atoms. The van der Waals surface area contributed by atoms with Gasteiger partial charge in [0, 0.05) is 5.92 Å². The molecular formula is C21H29F3O5. The molecule has 5 nitrogen and oxygen atoms in total. The van der Waals surface area contributed by atoms with Crippen LogP contribution in [0.15, 0.2) is 24.3 Å². The number of rotatable bonds is 6. The molecule has 0 amide bonds. The maximum Gasteiger partial charge on any atom is 0.416 e. The first kappa shape index (κ1) is 24.9. The number of carbonyl (C=O) groups excluding carboxylic acids is 2. The number of esters is 2. The third-order valence-electron chi connectivity index (χ3n) is 4.06. The number of aliphatic hydroxyl groups excluding tert-OH is 1. The van der Waals surface area contributed by atoms with E-state index in [0.29, 0.717) is 5.56 Å². The van der Waals surface area contributed by atoms with Crippen molar-refractivity contribution >= 4 is 11.9 Å². The van der Waals surface area contributed by atoms with Gasteiger partial charge in [0.25, 0.3) is 0 Å². The Bertz CT molecular complexity index is 697. The lowest BCUT2D eigenvalue weighted by atomic mass is 9.86. The van der Waals surface area contributed by atoms with Gasteiger partial charge in [-0.1, -0.05) is 12.1 Å². The summed E-state index contributed by atoms with van der Waals surface area (Å²) in [4.78, 5) is 24.7. The van der Waals surface area contributed by atoms with E-state index in [-0.39, 0.29) is 6.61 Å². The minimum Gasteiger partial charge on any atom is -0.465 e. The second kappa shape index (κ2) is 9.15. The van der Waals surface area contributed by atoms with Crippen molar-refractivity contribution in [2.24, 2.45) is 11.3 Å². The Morgan fingerprint density at radius 2 is 1.52 bits per heavy atom. The van der Waals surface area contributed by atoms with Gasteiger partial charge in [0.05, 0.1) is 30.1 Å². The average Bonchev–Trinajstić information content (AvgIpc) is 2.55. The lowest BCUT2D eigenvalue weighted by Crippen LogP contribution is -2.36. The van der Waals surface area contributed by atoms with Crippen molar-refractivity contribution in [2.45, 2.75) is 59.2 Å². The zero-order valence-corrected chi connectivity index (χ0v) is 17.6. The molecule has 8 heteroatoms. The minimum absolute atomic E-state index is 0.286. The van der Waals surface area contributed by atoms with Gasteiger partial charge in [0.15, 0.2) is 0 Å². The molecule has 0 aliphatic heterocycles. The van der Waals surface area contributed by atoms with Crippen molar-refractivity contribution in [3.05, 3.63) is 35.4 Å². The normalized spacial score (nSPS) is 14.8. The number of aliphatic hydroxyl groups is 1. The molecule has 0 aliphatic rings. The van der Waals surface area contributed by atoms with E-state index < -0.39 is 53.1 Å². The minimum atomic E-state index is -4.51. The summed E-state index contributed by atoms with van der Waals surface area (Å²) in [5.41, 5.74) is -2.14. The highest BCUT2D eigenvalue weighted by atomic mass is 19.4. The first-order valence-corrected chi connectivity index (χ1v) is 9.24. The fourth-order valence-corrected chi connectivity index (χ4v) is 2.49. The van der Waals surface area contributed by atoms with Crippen LogP contribution in [0.1, 0.15) is 58.6 Å². The van der Waals surface area contributed by atoms with Gasteiger partial charge in [-0.25, -0.2) is 0 Å². The summed E-state index contributed by atoms with van der Waals surface area (Å²) in [6.07, 6.45) is -4.51. The molecule has 0 spiro atoms. The maximum atomic E-state index is 12.9.